The topological polar surface area (TPSA) is 126 Å². The van der Waals surface area contributed by atoms with Crippen molar-refractivity contribution in [3.8, 4) is 11.5 Å². The number of nitrogens with zero attached hydrogens (tertiary/aromatic N) is 3. The number of nitrogens with one attached hydrogen (secondary N) is 3. The van der Waals surface area contributed by atoms with Crippen LogP contribution in [0.1, 0.15) is 28.2 Å². The number of carbonyl (C=O) groups excluding carboxylic acids is 2. The second-order valence-corrected chi connectivity index (χ2v) is 8.88. The van der Waals surface area contributed by atoms with Crippen LogP contribution in [0.25, 0.3) is 22.5 Å². The van der Waals surface area contributed by atoms with Gasteiger partial charge >= 0.3 is 0 Å². The Labute approximate surface area is 210 Å². The van der Waals surface area contributed by atoms with Crippen LogP contribution in [-0.4, -0.2) is 32.0 Å². The summed E-state index contributed by atoms with van der Waals surface area (Å²) >= 11 is 1.59. The van der Waals surface area contributed by atoms with Crippen LogP contribution >= 0.6 is 11.8 Å². The first-order valence-corrected chi connectivity index (χ1v) is 12.3. The molecule has 0 unspecified atom stereocenters. The van der Waals surface area contributed by atoms with Gasteiger partial charge in [0.2, 0.25) is 17.7 Å². The van der Waals surface area contributed by atoms with Crippen molar-refractivity contribution in [3.05, 3.63) is 95.9 Å². The van der Waals surface area contributed by atoms with Gasteiger partial charge in [-0.05, 0) is 42.0 Å². The highest BCUT2D eigenvalue weighted by molar-refractivity contribution is 7.98. The molecule has 9 nitrogen and oxygen atoms in total. The van der Waals surface area contributed by atoms with Crippen molar-refractivity contribution in [1.29, 1.82) is 0 Å². The molecular weight excluding hydrogens is 476 g/mol. The van der Waals surface area contributed by atoms with E-state index in [0.717, 1.165) is 27.3 Å². The monoisotopic (exact) mass is 498 g/mol. The first kappa shape index (κ1) is 23.3. The Morgan fingerprint density at radius 2 is 1.67 bits per heavy atom. The third-order valence-electron chi connectivity index (χ3n) is 5.33. The number of fused-ring (bicyclic) bond motifs is 1. The van der Waals surface area contributed by atoms with Crippen molar-refractivity contribution in [2.45, 2.75) is 23.8 Å². The van der Waals surface area contributed by atoms with Crippen LogP contribution in [0, 0.1) is 0 Å². The minimum absolute atomic E-state index is 0.0919. The highest BCUT2D eigenvalue weighted by Crippen LogP contribution is 2.23. The van der Waals surface area contributed by atoms with Gasteiger partial charge in [0.1, 0.15) is 0 Å². The molecule has 10 heteroatoms. The molecule has 0 saturated carbocycles. The van der Waals surface area contributed by atoms with E-state index in [1.165, 1.54) is 0 Å². The number of hydrogen-bond acceptors (Lipinski definition) is 7. The zero-order chi connectivity index (χ0) is 24.7. The Bertz CT molecular complexity index is 1450. The van der Waals surface area contributed by atoms with Crippen molar-refractivity contribution < 1.29 is 14.0 Å². The number of hydrazine groups is 1. The molecule has 0 radical (unpaired) electrons. The van der Waals surface area contributed by atoms with Crippen molar-refractivity contribution in [2.24, 2.45) is 0 Å². The lowest BCUT2D eigenvalue weighted by Gasteiger charge is -2.07. The van der Waals surface area contributed by atoms with Gasteiger partial charge in [0, 0.05) is 29.7 Å². The van der Waals surface area contributed by atoms with Gasteiger partial charge in [0.25, 0.3) is 5.91 Å². The maximum absolute atomic E-state index is 12.4. The van der Waals surface area contributed by atoms with E-state index in [0.29, 0.717) is 23.1 Å². The van der Waals surface area contributed by atoms with Gasteiger partial charge in [-0.15, -0.1) is 10.2 Å². The fourth-order valence-electron chi connectivity index (χ4n) is 3.44. The molecule has 3 aromatic carbocycles. The third kappa shape index (κ3) is 5.78. The van der Waals surface area contributed by atoms with E-state index in [1.54, 1.807) is 23.9 Å². The lowest BCUT2D eigenvalue weighted by atomic mass is 10.1. The molecule has 0 fully saturated rings. The van der Waals surface area contributed by atoms with Gasteiger partial charge in [0.15, 0.2) is 5.16 Å². The summed E-state index contributed by atoms with van der Waals surface area (Å²) in [5, 5.41) is 8.81. The molecule has 0 aliphatic heterocycles. The summed E-state index contributed by atoms with van der Waals surface area (Å²) in [6, 6.07) is 24.5. The molecule has 0 aliphatic carbocycles. The zero-order valence-corrected chi connectivity index (χ0v) is 19.9. The van der Waals surface area contributed by atoms with Gasteiger partial charge in [-0.2, -0.15) is 0 Å². The smallest absolute Gasteiger partial charge is 0.269 e. The van der Waals surface area contributed by atoms with Gasteiger partial charge in [-0.3, -0.25) is 20.4 Å². The number of amides is 2. The molecule has 2 heterocycles. The average molecular weight is 499 g/mol. The predicted molar refractivity (Wildman–Crippen MR) is 136 cm³/mol. The molecule has 0 aliphatic rings. The molecule has 5 rings (SSSR count). The summed E-state index contributed by atoms with van der Waals surface area (Å²) in [6.45, 7) is 0. The van der Waals surface area contributed by atoms with Gasteiger partial charge in [0.05, 0.1) is 11.0 Å². The second kappa shape index (κ2) is 10.9. The number of aromatic nitrogens is 4. The van der Waals surface area contributed by atoms with Gasteiger partial charge in [-0.1, -0.05) is 54.2 Å². The molecule has 2 aromatic heterocycles. The molecule has 2 amide bonds. The third-order valence-corrected chi connectivity index (χ3v) is 6.27. The lowest BCUT2D eigenvalue weighted by molar-refractivity contribution is -0.121. The number of carbonyl (C=O) groups is 2. The van der Waals surface area contributed by atoms with E-state index in [2.05, 4.69) is 31.0 Å². The van der Waals surface area contributed by atoms with Crippen molar-refractivity contribution >= 4 is 34.6 Å². The normalized spacial score (nSPS) is 10.9. The van der Waals surface area contributed by atoms with Crippen molar-refractivity contribution in [3.63, 3.8) is 0 Å². The molecular formula is C26H22N6O3S. The Hall–Kier alpha value is -4.44. The van der Waals surface area contributed by atoms with Crippen LogP contribution in [0.5, 0.6) is 0 Å². The Morgan fingerprint density at radius 3 is 2.47 bits per heavy atom. The first-order chi connectivity index (χ1) is 17.6. The van der Waals surface area contributed by atoms with Crippen LogP contribution in [0.3, 0.4) is 0 Å². The van der Waals surface area contributed by atoms with Crippen LogP contribution in [0.15, 0.2) is 88.4 Å². The van der Waals surface area contributed by atoms with E-state index < -0.39 is 5.91 Å². The van der Waals surface area contributed by atoms with E-state index in [-0.39, 0.29) is 18.7 Å². The molecule has 5 aromatic rings. The first-order valence-electron chi connectivity index (χ1n) is 11.3. The standard InChI is InChI=1S/C26H22N6O3S/c33-22(14-15-23-30-32-25(35-23)19-6-2-1-3-7-19)29-31-24(34)18-12-10-17(11-13-18)16-36-26-27-20-8-4-5-9-21(20)28-26/h1-13H,14-16H2,(H,27,28)(H,29,33)(H,31,34). The average Bonchev–Trinajstić information content (AvgIpc) is 3.57. The molecule has 180 valence electrons. The van der Waals surface area contributed by atoms with Crippen LogP contribution < -0.4 is 10.9 Å². The van der Waals surface area contributed by atoms with Crippen molar-refractivity contribution in [1.82, 2.24) is 31.0 Å². The molecule has 0 atom stereocenters. The Kier molecular flexibility index (Phi) is 7.04. The summed E-state index contributed by atoms with van der Waals surface area (Å²) in [6.07, 6.45) is 0.355. The molecule has 3 N–H and O–H groups in total. The molecule has 0 bridgehead atoms. The minimum atomic E-state index is -0.399. The minimum Gasteiger partial charge on any atom is -0.421 e. The van der Waals surface area contributed by atoms with E-state index in [4.69, 9.17) is 4.42 Å². The number of aryl methyl sites for hydroxylation is 1. The van der Waals surface area contributed by atoms with Gasteiger partial charge in [-0.25, -0.2) is 4.98 Å². The summed E-state index contributed by atoms with van der Waals surface area (Å²) in [5.41, 5.74) is 9.09. The summed E-state index contributed by atoms with van der Waals surface area (Å²) in [7, 11) is 0. The number of para-hydroxylation sites is 2. The fourth-order valence-corrected chi connectivity index (χ4v) is 4.28. The van der Waals surface area contributed by atoms with Crippen molar-refractivity contribution in [2.75, 3.05) is 0 Å². The highest BCUT2D eigenvalue weighted by Gasteiger charge is 2.12. The Balaban J connectivity index is 1.06. The number of thioether (sulfide) groups is 1. The van der Waals surface area contributed by atoms with E-state index in [1.807, 2.05) is 66.7 Å². The summed E-state index contributed by atoms with van der Waals surface area (Å²) in [4.78, 5) is 32.4. The number of rotatable bonds is 8. The highest BCUT2D eigenvalue weighted by atomic mass is 32.2. The molecule has 0 spiro atoms. The van der Waals surface area contributed by atoms with Crippen LogP contribution in [-0.2, 0) is 17.0 Å². The summed E-state index contributed by atoms with van der Waals surface area (Å²) in [5.74, 6) is 0.705. The van der Waals surface area contributed by atoms with E-state index >= 15 is 0 Å². The second-order valence-electron chi connectivity index (χ2n) is 7.91. The maximum Gasteiger partial charge on any atom is 0.269 e. The SMILES string of the molecule is O=C(CCc1nnc(-c2ccccc2)o1)NNC(=O)c1ccc(CSc2nc3ccccc3[nH]2)cc1. The van der Waals surface area contributed by atoms with Crippen LogP contribution in [0.4, 0.5) is 0 Å². The summed E-state index contributed by atoms with van der Waals surface area (Å²) < 4.78 is 5.59. The fraction of sp³-hybridized carbons (Fsp3) is 0.115. The zero-order valence-electron chi connectivity index (χ0n) is 19.1. The maximum atomic E-state index is 12.4. The quantitative estimate of drug-likeness (QED) is 0.215. The molecule has 0 saturated heterocycles. The number of hydrogen-bond donors (Lipinski definition) is 3. The van der Waals surface area contributed by atoms with Crippen LogP contribution in [0.2, 0.25) is 0 Å². The number of aromatic amines is 1. The lowest BCUT2D eigenvalue weighted by Crippen LogP contribution is -2.41. The van der Waals surface area contributed by atoms with E-state index in [9.17, 15) is 9.59 Å². The number of H-pyrrole nitrogens is 1. The molecule has 36 heavy (non-hydrogen) atoms. The largest absolute Gasteiger partial charge is 0.421 e. The number of imidazole rings is 1. The van der Waals surface area contributed by atoms with Gasteiger partial charge < -0.3 is 9.40 Å². The Morgan fingerprint density at radius 1 is 0.889 bits per heavy atom. The predicted octanol–water partition coefficient (Wildman–Crippen LogP) is 4.30. The number of benzene rings is 3.